The molecule has 12 nitrogen and oxygen atoms in total. The van der Waals surface area contributed by atoms with Crippen LogP contribution >= 0.6 is 34.8 Å². The summed E-state index contributed by atoms with van der Waals surface area (Å²) in [5.41, 5.74) is 7.60. The van der Waals surface area contributed by atoms with Crippen LogP contribution in [0.25, 0.3) is 0 Å². The summed E-state index contributed by atoms with van der Waals surface area (Å²) in [5, 5.41) is 2.31. The molecule has 47 heavy (non-hydrogen) atoms. The van der Waals surface area contributed by atoms with Gasteiger partial charge in [-0.25, -0.2) is 19.6 Å². The standard InChI is InChI=1S/C16H15ClN2O4.C10H13NO3.C6H3Cl2NO/c1-3-23-16(21)10-7-11(9-12(8-10)22-2)19-15(20)13-5-4-6-18-14(13)17;1-3-14-10(12)7-4-8(11)6-9(5-7)13-2;7-5-4(6(8)10)2-1-3-9-5/h4-9H,3H2,1-2H3,(H,19,20);4-6H,3,11H2,1-2H3;1-3H. The molecule has 4 rings (SSSR count). The molecule has 3 N–H and O–H groups in total. The topological polar surface area (TPSA) is 169 Å². The number of carbonyl (C=O) groups is 4. The minimum absolute atomic E-state index is 0.0958. The zero-order chi connectivity index (χ0) is 34.9. The zero-order valence-corrected chi connectivity index (χ0v) is 28.0. The number of hydrogen-bond acceptors (Lipinski definition) is 11. The Morgan fingerprint density at radius 3 is 1.68 bits per heavy atom. The molecule has 15 heteroatoms. The van der Waals surface area contributed by atoms with Gasteiger partial charge in [-0.3, -0.25) is 9.59 Å². The monoisotopic (exact) mass is 704 g/mol. The van der Waals surface area contributed by atoms with Crippen molar-refractivity contribution in [1.29, 1.82) is 0 Å². The maximum atomic E-state index is 12.2. The van der Waals surface area contributed by atoms with Crippen molar-refractivity contribution in [2.24, 2.45) is 0 Å². The Balaban J connectivity index is 0.000000271. The molecule has 0 aliphatic heterocycles. The van der Waals surface area contributed by atoms with Gasteiger partial charge in [0.25, 0.3) is 11.1 Å². The van der Waals surface area contributed by atoms with E-state index in [4.69, 9.17) is 59.5 Å². The van der Waals surface area contributed by atoms with E-state index in [1.807, 2.05) is 0 Å². The second kappa shape index (κ2) is 19.6. The van der Waals surface area contributed by atoms with Crippen molar-refractivity contribution in [2.45, 2.75) is 13.8 Å². The summed E-state index contributed by atoms with van der Waals surface area (Å²) >= 11 is 16.5. The number of methoxy groups -OCH3 is 2. The first-order chi connectivity index (χ1) is 22.4. The number of nitrogens with two attached hydrogens (primary N) is 1. The quantitative estimate of drug-likeness (QED) is 0.0818. The molecule has 2 heterocycles. The van der Waals surface area contributed by atoms with Crippen LogP contribution in [0.15, 0.2) is 73.1 Å². The van der Waals surface area contributed by atoms with Crippen LogP contribution in [0.4, 0.5) is 11.4 Å². The predicted molar refractivity (Wildman–Crippen MR) is 179 cm³/mol. The van der Waals surface area contributed by atoms with Gasteiger partial charge in [0.2, 0.25) is 0 Å². The number of anilines is 2. The van der Waals surface area contributed by atoms with E-state index in [0.717, 1.165) is 0 Å². The highest BCUT2D eigenvalue weighted by Crippen LogP contribution is 2.23. The largest absolute Gasteiger partial charge is 0.497 e. The van der Waals surface area contributed by atoms with Crippen molar-refractivity contribution < 1.29 is 38.1 Å². The van der Waals surface area contributed by atoms with Gasteiger partial charge < -0.3 is 30.0 Å². The number of nitrogens with zero attached hydrogens (tertiary/aromatic N) is 2. The normalized spacial score (nSPS) is 9.77. The second-order valence-corrected chi connectivity index (χ2v) is 9.86. The van der Waals surface area contributed by atoms with Crippen LogP contribution < -0.4 is 20.5 Å². The van der Waals surface area contributed by atoms with Gasteiger partial charge in [-0.15, -0.1) is 0 Å². The Morgan fingerprint density at radius 2 is 1.23 bits per heavy atom. The third-order valence-corrected chi connectivity index (χ3v) is 6.37. The Kier molecular flexibility index (Phi) is 15.9. The highest BCUT2D eigenvalue weighted by Gasteiger charge is 2.15. The first kappa shape index (κ1) is 38.3. The van der Waals surface area contributed by atoms with Crippen LogP contribution in [-0.4, -0.2) is 60.5 Å². The Hall–Kier alpha value is -4.91. The molecule has 0 unspecified atom stereocenters. The lowest BCUT2D eigenvalue weighted by Crippen LogP contribution is -2.14. The van der Waals surface area contributed by atoms with Crippen molar-refractivity contribution in [3.8, 4) is 11.5 Å². The van der Waals surface area contributed by atoms with E-state index in [1.165, 1.54) is 44.8 Å². The van der Waals surface area contributed by atoms with Gasteiger partial charge >= 0.3 is 11.9 Å². The summed E-state index contributed by atoms with van der Waals surface area (Å²) in [5.74, 6) is -0.359. The van der Waals surface area contributed by atoms with Crippen LogP contribution in [0.3, 0.4) is 0 Å². The third kappa shape index (κ3) is 12.4. The van der Waals surface area contributed by atoms with E-state index >= 15 is 0 Å². The molecule has 0 saturated heterocycles. The second-order valence-electron chi connectivity index (χ2n) is 8.80. The average Bonchev–Trinajstić information content (AvgIpc) is 3.05. The van der Waals surface area contributed by atoms with Crippen LogP contribution in [0.1, 0.15) is 55.3 Å². The lowest BCUT2D eigenvalue weighted by molar-refractivity contribution is 0.0516. The third-order valence-electron chi connectivity index (χ3n) is 5.56. The number of pyridine rings is 2. The zero-order valence-electron chi connectivity index (χ0n) is 25.7. The van der Waals surface area contributed by atoms with Crippen LogP contribution in [-0.2, 0) is 9.47 Å². The molecule has 2 aromatic carbocycles. The number of amides is 1. The van der Waals surface area contributed by atoms with E-state index in [0.29, 0.717) is 35.0 Å². The lowest BCUT2D eigenvalue weighted by Gasteiger charge is -2.10. The van der Waals surface area contributed by atoms with Gasteiger partial charge in [-0.05, 0) is 74.0 Å². The lowest BCUT2D eigenvalue weighted by atomic mass is 10.1. The molecule has 4 aromatic rings. The number of halogens is 3. The van der Waals surface area contributed by atoms with Crippen LogP contribution in [0.2, 0.25) is 10.3 Å². The molecule has 1 amide bonds. The van der Waals surface area contributed by atoms with E-state index < -0.39 is 23.1 Å². The number of nitrogens with one attached hydrogen (secondary N) is 1. The number of benzene rings is 2. The summed E-state index contributed by atoms with van der Waals surface area (Å²) in [6.07, 6.45) is 2.98. The molecule has 0 radical (unpaired) electrons. The molecule has 0 saturated carbocycles. The van der Waals surface area contributed by atoms with Gasteiger partial charge in [0.05, 0.1) is 49.7 Å². The van der Waals surface area contributed by atoms with Gasteiger partial charge in [0.15, 0.2) is 0 Å². The summed E-state index contributed by atoms with van der Waals surface area (Å²) in [7, 11) is 2.98. The maximum Gasteiger partial charge on any atom is 0.338 e. The smallest absolute Gasteiger partial charge is 0.338 e. The van der Waals surface area contributed by atoms with Gasteiger partial charge in [-0.1, -0.05) is 23.2 Å². The minimum atomic E-state index is -0.585. The number of rotatable bonds is 9. The first-order valence-corrected chi connectivity index (χ1v) is 14.8. The summed E-state index contributed by atoms with van der Waals surface area (Å²) in [4.78, 5) is 53.5. The minimum Gasteiger partial charge on any atom is -0.497 e. The summed E-state index contributed by atoms with van der Waals surface area (Å²) < 4.78 is 19.9. The fourth-order valence-corrected chi connectivity index (χ4v) is 4.09. The summed E-state index contributed by atoms with van der Waals surface area (Å²) in [6.45, 7) is 4.06. The van der Waals surface area contributed by atoms with Crippen LogP contribution in [0, 0.1) is 0 Å². The molecular formula is C32H31Cl3N4O8. The molecule has 248 valence electrons. The number of carbonyl (C=O) groups excluding carboxylic acids is 4. The van der Waals surface area contributed by atoms with Gasteiger partial charge in [-0.2, -0.15) is 0 Å². The molecule has 0 aliphatic rings. The fourth-order valence-electron chi connectivity index (χ4n) is 3.48. The predicted octanol–water partition coefficient (Wildman–Crippen LogP) is 6.74. The van der Waals surface area contributed by atoms with Gasteiger partial charge in [0, 0.05) is 35.9 Å². The molecule has 2 aromatic heterocycles. The molecule has 0 spiro atoms. The number of esters is 2. The summed E-state index contributed by atoms with van der Waals surface area (Å²) in [6, 6.07) is 15.7. The molecule has 0 aliphatic carbocycles. The number of hydrogen-bond donors (Lipinski definition) is 2. The maximum absolute atomic E-state index is 12.2. The molecule has 0 bridgehead atoms. The molecular weight excluding hydrogens is 675 g/mol. The van der Waals surface area contributed by atoms with Crippen LogP contribution in [0.5, 0.6) is 11.5 Å². The SMILES string of the molecule is CCOC(=O)c1cc(N)cc(OC)c1.CCOC(=O)c1cc(NC(=O)c2cccnc2Cl)cc(OC)c1.O=C(Cl)c1cccnc1Cl. The van der Waals surface area contributed by atoms with Crippen molar-refractivity contribution in [3.05, 3.63) is 106 Å². The molecule has 0 fully saturated rings. The fraction of sp³-hybridized carbons (Fsp3) is 0.188. The van der Waals surface area contributed by atoms with Crippen molar-refractivity contribution >= 4 is 69.3 Å². The Bertz CT molecular complexity index is 1700. The van der Waals surface area contributed by atoms with E-state index in [-0.39, 0.29) is 33.6 Å². The van der Waals surface area contributed by atoms with Crippen molar-refractivity contribution in [2.75, 3.05) is 38.5 Å². The number of nitrogen functional groups attached to an aromatic ring is 1. The van der Waals surface area contributed by atoms with E-state index in [2.05, 4.69) is 15.3 Å². The Morgan fingerprint density at radius 1 is 0.745 bits per heavy atom. The highest BCUT2D eigenvalue weighted by molar-refractivity contribution is 6.68. The van der Waals surface area contributed by atoms with Gasteiger partial charge in [0.1, 0.15) is 21.8 Å². The van der Waals surface area contributed by atoms with E-state index in [9.17, 15) is 19.2 Å². The first-order valence-electron chi connectivity index (χ1n) is 13.6. The number of ether oxygens (including phenoxy) is 4. The average molecular weight is 706 g/mol. The Labute approximate surface area is 286 Å². The number of aromatic nitrogens is 2. The van der Waals surface area contributed by atoms with Crippen molar-refractivity contribution in [3.63, 3.8) is 0 Å². The van der Waals surface area contributed by atoms with E-state index in [1.54, 1.807) is 56.3 Å². The van der Waals surface area contributed by atoms with Crippen molar-refractivity contribution in [1.82, 2.24) is 9.97 Å². The molecule has 0 atom stereocenters. The highest BCUT2D eigenvalue weighted by atomic mass is 35.5.